The van der Waals surface area contributed by atoms with Crippen molar-refractivity contribution in [2.75, 3.05) is 0 Å². The van der Waals surface area contributed by atoms with Crippen molar-refractivity contribution in [2.45, 2.75) is 45.2 Å². The van der Waals surface area contributed by atoms with Gasteiger partial charge in [0.05, 0.1) is 16.8 Å². The Morgan fingerprint density at radius 2 is 1.79 bits per heavy atom. The Morgan fingerprint density at radius 1 is 1.07 bits per heavy atom. The number of aromatic amines is 1. The first-order valence-corrected chi connectivity index (χ1v) is 9.66. The minimum Gasteiger partial charge on any atom is -0.348 e. The molecule has 0 fully saturated rings. The van der Waals surface area contributed by atoms with E-state index in [1.165, 1.54) is 24.0 Å². The Kier molecular flexibility index (Phi) is 4.86. The summed E-state index contributed by atoms with van der Waals surface area (Å²) in [6, 6.07) is 12.8. The predicted molar refractivity (Wildman–Crippen MR) is 108 cm³/mol. The number of amides is 1. The fraction of sp³-hybridized carbons (Fsp3) is 0.318. The molecule has 6 heteroatoms. The first-order valence-electron chi connectivity index (χ1n) is 9.66. The van der Waals surface area contributed by atoms with Gasteiger partial charge >= 0.3 is 0 Å². The second-order valence-corrected chi connectivity index (χ2v) is 7.40. The Morgan fingerprint density at radius 3 is 2.57 bits per heavy atom. The van der Waals surface area contributed by atoms with E-state index in [4.69, 9.17) is 0 Å². The molecule has 1 aromatic heterocycles. The van der Waals surface area contributed by atoms with Crippen molar-refractivity contribution in [3.8, 4) is 0 Å². The van der Waals surface area contributed by atoms with Crippen LogP contribution >= 0.6 is 0 Å². The lowest BCUT2D eigenvalue weighted by atomic mass is 9.89. The van der Waals surface area contributed by atoms with Crippen LogP contribution in [0.3, 0.4) is 0 Å². The first kappa shape index (κ1) is 18.2. The van der Waals surface area contributed by atoms with E-state index < -0.39 is 0 Å². The summed E-state index contributed by atoms with van der Waals surface area (Å²) >= 11 is 0. The molecule has 0 saturated carbocycles. The Labute approximate surface area is 162 Å². The molecule has 0 aliphatic heterocycles. The van der Waals surface area contributed by atoms with E-state index in [0.29, 0.717) is 10.8 Å². The summed E-state index contributed by atoms with van der Waals surface area (Å²) in [5, 5.41) is 6.05. The minimum absolute atomic E-state index is 0.178. The molecule has 4 rings (SSSR count). The van der Waals surface area contributed by atoms with E-state index in [-0.39, 0.29) is 29.6 Å². The number of hydrogen-bond acceptors (Lipinski definition) is 3. The SMILES string of the molecule is CC(NC(=O)Cn1[nH]c(=O)c2ccccc2c1=O)c1ccc2c(c1)CCCC2. The highest BCUT2D eigenvalue weighted by molar-refractivity contribution is 5.81. The maximum Gasteiger partial charge on any atom is 0.273 e. The van der Waals surface area contributed by atoms with Crippen molar-refractivity contribution in [2.24, 2.45) is 0 Å². The summed E-state index contributed by atoms with van der Waals surface area (Å²) in [6.45, 7) is 1.70. The van der Waals surface area contributed by atoms with Crippen LogP contribution in [0.1, 0.15) is 42.5 Å². The lowest BCUT2D eigenvalue weighted by Crippen LogP contribution is -2.37. The molecule has 1 amide bonds. The van der Waals surface area contributed by atoms with Gasteiger partial charge in [0, 0.05) is 0 Å². The van der Waals surface area contributed by atoms with Crippen molar-refractivity contribution < 1.29 is 4.79 Å². The van der Waals surface area contributed by atoms with Crippen LogP contribution in [0.5, 0.6) is 0 Å². The highest BCUT2D eigenvalue weighted by Crippen LogP contribution is 2.24. The molecule has 2 aromatic carbocycles. The van der Waals surface area contributed by atoms with Gasteiger partial charge in [-0.3, -0.25) is 19.5 Å². The maximum absolute atomic E-state index is 12.5. The highest BCUT2D eigenvalue weighted by Gasteiger charge is 2.15. The van der Waals surface area contributed by atoms with Crippen molar-refractivity contribution in [3.05, 3.63) is 79.9 Å². The van der Waals surface area contributed by atoms with Crippen LogP contribution in [0, 0.1) is 0 Å². The number of aryl methyl sites for hydroxylation is 2. The Hall–Kier alpha value is -3.15. The Balaban J connectivity index is 1.52. The zero-order chi connectivity index (χ0) is 19.7. The molecule has 0 saturated heterocycles. The molecule has 1 aliphatic carbocycles. The summed E-state index contributed by atoms with van der Waals surface area (Å²) in [5.41, 5.74) is 3.04. The molecule has 1 atom stereocenters. The Bertz CT molecular complexity index is 1160. The van der Waals surface area contributed by atoms with E-state index in [2.05, 4.69) is 28.6 Å². The van der Waals surface area contributed by atoms with Crippen LogP contribution in [-0.4, -0.2) is 15.7 Å². The van der Waals surface area contributed by atoms with Crippen LogP contribution in [-0.2, 0) is 24.2 Å². The zero-order valence-corrected chi connectivity index (χ0v) is 15.8. The van der Waals surface area contributed by atoms with E-state index in [1.807, 2.05) is 6.92 Å². The van der Waals surface area contributed by atoms with Crippen LogP contribution in [0.25, 0.3) is 10.8 Å². The fourth-order valence-corrected chi connectivity index (χ4v) is 3.89. The number of carbonyl (C=O) groups is 1. The topological polar surface area (TPSA) is 84.0 Å². The maximum atomic E-state index is 12.5. The van der Waals surface area contributed by atoms with Gasteiger partial charge < -0.3 is 5.32 Å². The monoisotopic (exact) mass is 377 g/mol. The summed E-state index contributed by atoms with van der Waals surface area (Å²) in [7, 11) is 0. The number of aromatic nitrogens is 2. The van der Waals surface area contributed by atoms with E-state index >= 15 is 0 Å². The summed E-state index contributed by atoms with van der Waals surface area (Å²) in [6.07, 6.45) is 4.64. The van der Waals surface area contributed by atoms with Gasteiger partial charge in [-0.05, 0) is 61.4 Å². The number of carbonyl (C=O) groups excluding carboxylic acids is 1. The summed E-state index contributed by atoms with van der Waals surface area (Å²) in [4.78, 5) is 37.2. The quantitative estimate of drug-likeness (QED) is 0.732. The molecular weight excluding hydrogens is 354 g/mol. The molecule has 0 radical (unpaired) electrons. The van der Waals surface area contributed by atoms with Gasteiger partial charge in [0.1, 0.15) is 6.54 Å². The summed E-state index contributed by atoms with van der Waals surface area (Å²) in [5.74, 6) is -0.321. The normalized spacial score (nSPS) is 14.5. The van der Waals surface area contributed by atoms with Crippen molar-refractivity contribution in [1.82, 2.24) is 15.1 Å². The molecule has 1 unspecified atom stereocenters. The number of hydrogen-bond donors (Lipinski definition) is 2. The van der Waals surface area contributed by atoms with Crippen molar-refractivity contribution in [1.29, 1.82) is 0 Å². The fourth-order valence-electron chi connectivity index (χ4n) is 3.89. The minimum atomic E-state index is -0.384. The number of benzene rings is 2. The third-order valence-electron chi connectivity index (χ3n) is 5.44. The molecule has 0 spiro atoms. The third kappa shape index (κ3) is 3.50. The van der Waals surface area contributed by atoms with Crippen LogP contribution in [0.2, 0.25) is 0 Å². The lowest BCUT2D eigenvalue weighted by molar-refractivity contribution is -0.122. The largest absolute Gasteiger partial charge is 0.348 e. The third-order valence-corrected chi connectivity index (χ3v) is 5.44. The molecule has 6 nitrogen and oxygen atoms in total. The molecule has 28 heavy (non-hydrogen) atoms. The van der Waals surface area contributed by atoms with Gasteiger partial charge in [0.2, 0.25) is 5.91 Å². The van der Waals surface area contributed by atoms with Crippen molar-refractivity contribution >= 4 is 16.7 Å². The number of rotatable bonds is 4. The van der Waals surface area contributed by atoms with Crippen molar-refractivity contribution in [3.63, 3.8) is 0 Å². The second kappa shape index (κ2) is 7.46. The average Bonchev–Trinajstić information content (AvgIpc) is 2.71. The van der Waals surface area contributed by atoms with E-state index in [1.54, 1.807) is 24.3 Å². The molecule has 3 aromatic rings. The predicted octanol–water partition coefficient (Wildman–Crippen LogP) is 2.45. The number of fused-ring (bicyclic) bond motifs is 2. The standard InChI is InChI=1S/C22H23N3O3/c1-14(16-11-10-15-6-2-3-7-17(15)12-16)23-20(26)13-25-22(28)19-9-5-4-8-18(19)21(27)24-25/h4-5,8-12,14H,2-3,6-7,13H2,1H3,(H,23,26)(H,24,27). The van der Waals surface area contributed by atoms with Crippen LogP contribution in [0.15, 0.2) is 52.1 Å². The second-order valence-electron chi connectivity index (χ2n) is 7.40. The summed E-state index contributed by atoms with van der Waals surface area (Å²) < 4.78 is 1.07. The van der Waals surface area contributed by atoms with Gasteiger partial charge in [0.15, 0.2) is 0 Å². The van der Waals surface area contributed by atoms with Gasteiger partial charge in [-0.2, -0.15) is 0 Å². The molecule has 0 bridgehead atoms. The molecule has 1 aliphatic rings. The van der Waals surface area contributed by atoms with Crippen LogP contribution < -0.4 is 16.4 Å². The first-order chi connectivity index (χ1) is 13.5. The molecule has 144 valence electrons. The number of nitrogens with one attached hydrogen (secondary N) is 2. The highest BCUT2D eigenvalue weighted by atomic mass is 16.2. The van der Waals surface area contributed by atoms with E-state index in [0.717, 1.165) is 23.1 Å². The average molecular weight is 377 g/mol. The smallest absolute Gasteiger partial charge is 0.273 e. The molecule has 1 heterocycles. The lowest BCUT2D eigenvalue weighted by Gasteiger charge is -2.20. The van der Waals surface area contributed by atoms with Gasteiger partial charge in [-0.1, -0.05) is 30.3 Å². The van der Waals surface area contributed by atoms with E-state index in [9.17, 15) is 14.4 Å². The van der Waals surface area contributed by atoms with Gasteiger partial charge in [-0.25, -0.2) is 4.68 Å². The number of H-pyrrole nitrogens is 1. The molecule has 2 N–H and O–H groups in total. The van der Waals surface area contributed by atoms with Gasteiger partial charge in [0.25, 0.3) is 11.1 Å². The molecular formula is C22H23N3O3. The zero-order valence-electron chi connectivity index (χ0n) is 15.8. The van der Waals surface area contributed by atoms with Gasteiger partial charge in [-0.15, -0.1) is 0 Å². The van der Waals surface area contributed by atoms with Crippen LogP contribution in [0.4, 0.5) is 0 Å². The number of nitrogens with zero attached hydrogens (tertiary/aromatic N) is 1.